The molecule has 0 bridgehead atoms. The predicted octanol–water partition coefficient (Wildman–Crippen LogP) is 5.15. The van der Waals surface area contributed by atoms with Gasteiger partial charge >= 0.3 is 5.97 Å². The minimum atomic E-state index is -2.78. The van der Waals surface area contributed by atoms with E-state index in [4.69, 9.17) is 20.8 Å². The summed E-state index contributed by atoms with van der Waals surface area (Å²) in [5.74, 6) is 0.729. The molecule has 2 aromatic carbocycles. The van der Waals surface area contributed by atoms with Gasteiger partial charge in [-0.3, -0.25) is 4.57 Å². The van der Waals surface area contributed by atoms with E-state index >= 15 is 0 Å². The molecule has 0 atom stereocenters. The second-order valence-corrected chi connectivity index (χ2v) is 14.8. The number of hydrogen-bond donors (Lipinski definition) is 0. The molecule has 0 spiro atoms. The minimum Gasteiger partial charge on any atom is -0.465 e. The van der Waals surface area contributed by atoms with Crippen LogP contribution in [0.25, 0.3) is 5.00 Å². The smallest absolute Gasteiger partial charge is 0.342 e. The third kappa shape index (κ3) is 4.59. The fraction of sp³-hybridized carbons (Fsp3) is 0.269. The Labute approximate surface area is 215 Å². The maximum absolute atomic E-state index is 12.5. The van der Waals surface area contributed by atoms with Crippen LogP contribution in [0.15, 0.2) is 66.0 Å². The molecule has 9 heteroatoms. The molecular formula is C26H28ClN3O3SSi. The largest absolute Gasteiger partial charge is 0.465 e. The van der Waals surface area contributed by atoms with Crippen molar-refractivity contribution in [3.63, 3.8) is 0 Å². The van der Waals surface area contributed by atoms with Gasteiger partial charge in [-0.2, -0.15) is 0 Å². The van der Waals surface area contributed by atoms with Crippen molar-refractivity contribution >= 4 is 47.6 Å². The Kier molecular flexibility index (Phi) is 7.28. The van der Waals surface area contributed by atoms with Crippen LogP contribution in [-0.2, 0) is 15.8 Å². The highest BCUT2D eigenvalue weighted by Gasteiger charge is 2.50. The SMILES string of the molecule is COC(=O)c1c(Cl)csc1-n1c(C)nnc1CO[Si](c1ccccc1)(c1ccccc1)C(C)(C)C. The molecule has 0 aliphatic carbocycles. The number of carbonyl (C=O) groups is 1. The summed E-state index contributed by atoms with van der Waals surface area (Å²) < 4.78 is 13.8. The number of halogens is 1. The molecule has 2 heterocycles. The Hall–Kier alpha value is -2.78. The van der Waals surface area contributed by atoms with Crippen LogP contribution >= 0.6 is 22.9 Å². The summed E-state index contributed by atoms with van der Waals surface area (Å²) in [6, 6.07) is 20.8. The summed E-state index contributed by atoms with van der Waals surface area (Å²) in [4.78, 5) is 12.5. The first-order chi connectivity index (χ1) is 16.7. The van der Waals surface area contributed by atoms with Gasteiger partial charge in [0.25, 0.3) is 8.32 Å². The minimum absolute atomic E-state index is 0.182. The van der Waals surface area contributed by atoms with E-state index in [2.05, 4.69) is 79.5 Å². The van der Waals surface area contributed by atoms with Crippen molar-refractivity contribution in [1.82, 2.24) is 14.8 Å². The van der Waals surface area contributed by atoms with Gasteiger partial charge in [0.2, 0.25) is 0 Å². The predicted molar refractivity (Wildman–Crippen MR) is 143 cm³/mol. The number of nitrogens with zero attached hydrogens (tertiary/aromatic N) is 3. The zero-order chi connectivity index (χ0) is 25.2. The maximum atomic E-state index is 12.5. The van der Waals surface area contributed by atoms with Crippen LogP contribution in [0.4, 0.5) is 0 Å². The van der Waals surface area contributed by atoms with Gasteiger partial charge in [0.05, 0.1) is 18.7 Å². The molecule has 0 unspecified atom stereocenters. The molecule has 0 saturated carbocycles. The quantitative estimate of drug-likeness (QED) is 0.246. The molecule has 0 fully saturated rings. The molecule has 35 heavy (non-hydrogen) atoms. The van der Waals surface area contributed by atoms with Gasteiger partial charge in [-0.15, -0.1) is 21.5 Å². The number of aromatic nitrogens is 3. The van der Waals surface area contributed by atoms with Gasteiger partial charge < -0.3 is 9.16 Å². The van der Waals surface area contributed by atoms with Gasteiger partial charge in [0.1, 0.15) is 16.4 Å². The Morgan fingerprint density at radius 3 is 2.11 bits per heavy atom. The van der Waals surface area contributed by atoms with E-state index in [0.29, 0.717) is 27.2 Å². The number of carbonyl (C=O) groups excluding carboxylic acids is 1. The van der Waals surface area contributed by atoms with Crippen LogP contribution in [-0.4, -0.2) is 36.2 Å². The number of hydrogen-bond acceptors (Lipinski definition) is 6. The summed E-state index contributed by atoms with van der Waals surface area (Å²) in [6.45, 7) is 8.73. The lowest BCUT2D eigenvalue weighted by Crippen LogP contribution is -2.66. The second kappa shape index (κ2) is 10.1. The molecule has 0 aliphatic rings. The van der Waals surface area contributed by atoms with Crippen LogP contribution in [0.3, 0.4) is 0 Å². The van der Waals surface area contributed by atoms with Crippen LogP contribution < -0.4 is 10.4 Å². The third-order valence-electron chi connectivity index (χ3n) is 6.05. The van der Waals surface area contributed by atoms with Crippen molar-refractivity contribution in [2.24, 2.45) is 0 Å². The fourth-order valence-electron chi connectivity index (χ4n) is 4.48. The van der Waals surface area contributed by atoms with E-state index < -0.39 is 14.3 Å². The highest BCUT2D eigenvalue weighted by molar-refractivity contribution is 7.13. The lowest BCUT2D eigenvalue weighted by atomic mass is 10.2. The Bertz CT molecular complexity index is 1280. The molecule has 4 rings (SSSR count). The highest BCUT2D eigenvalue weighted by atomic mass is 35.5. The normalized spacial score (nSPS) is 12.1. The number of benzene rings is 2. The molecule has 4 aromatic rings. The van der Waals surface area contributed by atoms with E-state index in [1.54, 1.807) is 5.38 Å². The number of esters is 1. The van der Waals surface area contributed by atoms with Crippen molar-refractivity contribution in [2.45, 2.75) is 39.3 Å². The molecule has 6 nitrogen and oxygen atoms in total. The van der Waals surface area contributed by atoms with Crippen molar-refractivity contribution in [3.8, 4) is 5.00 Å². The molecule has 0 amide bonds. The third-order valence-corrected chi connectivity index (χ3v) is 12.4. The number of methoxy groups -OCH3 is 1. The van der Waals surface area contributed by atoms with Gasteiger partial charge in [-0.25, -0.2) is 4.79 Å². The van der Waals surface area contributed by atoms with E-state index in [1.807, 2.05) is 23.6 Å². The zero-order valence-electron chi connectivity index (χ0n) is 20.4. The first-order valence-corrected chi connectivity index (χ1v) is 14.4. The van der Waals surface area contributed by atoms with E-state index in [9.17, 15) is 4.79 Å². The van der Waals surface area contributed by atoms with Crippen LogP contribution in [0.1, 0.15) is 42.8 Å². The van der Waals surface area contributed by atoms with Crippen LogP contribution in [0, 0.1) is 6.92 Å². The lowest BCUT2D eigenvalue weighted by Gasteiger charge is -2.42. The summed E-state index contributed by atoms with van der Waals surface area (Å²) in [5.41, 5.74) is 0.300. The first-order valence-electron chi connectivity index (χ1n) is 11.2. The molecular weight excluding hydrogens is 498 g/mol. The highest BCUT2D eigenvalue weighted by Crippen LogP contribution is 2.38. The van der Waals surface area contributed by atoms with Gasteiger partial charge in [-0.1, -0.05) is 93.0 Å². The van der Waals surface area contributed by atoms with E-state index in [0.717, 1.165) is 0 Å². The molecule has 0 aliphatic heterocycles. The number of thiophene rings is 1. The van der Waals surface area contributed by atoms with E-state index in [1.165, 1.54) is 28.8 Å². The Morgan fingerprint density at radius 1 is 1.03 bits per heavy atom. The Morgan fingerprint density at radius 2 is 1.60 bits per heavy atom. The summed E-state index contributed by atoms with van der Waals surface area (Å²) in [7, 11) is -1.44. The standard InChI is InChI=1S/C26H28ClN3O3SSi/c1-18-28-29-22(30(18)24-23(25(31)32-5)21(27)17-34-24)16-33-35(26(2,3)4,19-12-8-6-9-13-19)20-14-10-7-11-15-20/h6-15,17H,16H2,1-5H3. The fourth-order valence-corrected chi connectivity index (χ4v) is 10.3. The topological polar surface area (TPSA) is 66.2 Å². The summed E-state index contributed by atoms with van der Waals surface area (Å²) in [5, 5.41) is 13.6. The molecule has 0 saturated heterocycles. The monoisotopic (exact) mass is 525 g/mol. The van der Waals surface area contributed by atoms with Crippen LogP contribution in [0.5, 0.6) is 0 Å². The van der Waals surface area contributed by atoms with Crippen molar-refractivity contribution < 1.29 is 14.0 Å². The van der Waals surface area contributed by atoms with Gasteiger partial charge in [0, 0.05) is 5.38 Å². The Balaban J connectivity index is 1.83. The summed E-state index contributed by atoms with van der Waals surface area (Å²) >= 11 is 7.68. The van der Waals surface area contributed by atoms with Crippen LogP contribution in [0.2, 0.25) is 10.1 Å². The molecule has 182 valence electrons. The second-order valence-electron chi connectivity index (χ2n) is 9.21. The van der Waals surface area contributed by atoms with Crippen molar-refractivity contribution in [3.05, 3.63) is 88.3 Å². The van der Waals surface area contributed by atoms with Gasteiger partial charge in [0.15, 0.2) is 5.82 Å². The zero-order valence-corrected chi connectivity index (χ0v) is 23.0. The molecule has 2 aromatic heterocycles. The lowest BCUT2D eigenvalue weighted by molar-refractivity contribution is 0.0601. The maximum Gasteiger partial charge on any atom is 0.342 e. The number of rotatable bonds is 7. The van der Waals surface area contributed by atoms with Gasteiger partial charge in [-0.05, 0) is 22.3 Å². The molecule has 0 N–H and O–H groups in total. The number of ether oxygens (including phenoxy) is 1. The van der Waals surface area contributed by atoms with Crippen molar-refractivity contribution in [2.75, 3.05) is 7.11 Å². The summed E-state index contributed by atoms with van der Waals surface area (Å²) in [6.07, 6.45) is 0. The average Bonchev–Trinajstić information content (AvgIpc) is 3.41. The number of aryl methyl sites for hydroxylation is 1. The molecule has 0 radical (unpaired) electrons. The average molecular weight is 526 g/mol. The van der Waals surface area contributed by atoms with Crippen molar-refractivity contribution in [1.29, 1.82) is 0 Å². The first kappa shape index (κ1) is 25.3. The van der Waals surface area contributed by atoms with E-state index in [-0.39, 0.29) is 11.6 Å².